The Hall–Kier alpha value is -0.910. The number of rotatable bonds is 5. The highest BCUT2D eigenvalue weighted by atomic mass is 32.2. The maximum Gasteiger partial charge on any atom is 0.407 e. The average Bonchev–Trinajstić information content (AvgIpc) is 2.34. The Morgan fingerprint density at radius 2 is 2.10 bits per heavy atom. The number of carbonyl (C=O) groups excluding carboxylic acids is 2. The van der Waals surface area contributed by atoms with E-state index in [2.05, 4.69) is 10.6 Å². The van der Waals surface area contributed by atoms with Gasteiger partial charge in [0.25, 0.3) is 0 Å². The van der Waals surface area contributed by atoms with Gasteiger partial charge in [0.1, 0.15) is 5.60 Å². The number of hydrogen-bond acceptors (Lipinski definition) is 4. The number of thioether (sulfide) groups is 1. The van der Waals surface area contributed by atoms with Crippen molar-refractivity contribution >= 4 is 23.8 Å². The standard InChI is InChI=1S/C14H26N2O3S/c1-14(2,3)19-13(18)15-8-4-7-12(17)16-11-6-5-9-20-10-11/h11H,4-10H2,1-3H3,(H,15,18)(H,16,17). The third-order valence-electron chi connectivity index (χ3n) is 2.77. The number of amides is 2. The lowest BCUT2D eigenvalue weighted by atomic mass is 10.2. The summed E-state index contributed by atoms with van der Waals surface area (Å²) in [6, 6.07) is 0.320. The lowest BCUT2D eigenvalue weighted by molar-refractivity contribution is -0.121. The molecule has 1 saturated heterocycles. The van der Waals surface area contributed by atoms with Crippen LogP contribution in [0.1, 0.15) is 46.5 Å². The van der Waals surface area contributed by atoms with Crippen LogP contribution in [0.3, 0.4) is 0 Å². The second-order valence-electron chi connectivity index (χ2n) is 6.01. The number of alkyl carbamates (subject to hydrolysis) is 1. The zero-order valence-corrected chi connectivity index (χ0v) is 13.5. The smallest absolute Gasteiger partial charge is 0.407 e. The van der Waals surface area contributed by atoms with Crippen molar-refractivity contribution in [1.82, 2.24) is 10.6 Å². The van der Waals surface area contributed by atoms with Crippen LogP contribution >= 0.6 is 11.8 Å². The topological polar surface area (TPSA) is 67.4 Å². The molecular formula is C14H26N2O3S. The van der Waals surface area contributed by atoms with E-state index in [-0.39, 0.29) is 5.91 Å². The molecule has 116 valence electrons. The van der Waals surface area contributed by atoms with Crippen molar-refractivity contribution in [3.8, 4) is 0 Å². The predicted molar refractivity (Wildman–Crippen MR) is 82.0 cm³/mol. The molecule has 1 fully saturated rings. The van der Waals surface area contributed by atoms with Gasteiger partial charge in [0.2, 0.25) is 5.91 Å². The van der Waals surface area contributed by atoms with E-state index in [0.717, 1.165) is 12.2 Å². The molecule has 0 bridgehead atoms. The van der Waals surface area contributed by atoms with Gasteiger partial charge in [-0.15, -0.1) is 0 Å². The van der Waals surface area contributed by atoms with Crippen LogP contribution in [0.15, 0.2) is 0 Å². The van der Waals surface area contributed by atoms with Crippen LogP contribution in [-0.4, -0.2) is 41.7 Å². The van der Waals surface area contributed by atoms with Gasteiger partial charge < -0.3 is 15.4 Å². The predicted octanol–water partition coefficient (Wildman–Crippen LogP) is 2.30. The van der Waals surface area contributed by atoms with Crippen LogP contribution in [0.2, 0.25) is 0 Å². The molecule has 2 amide bonds. The molecule has 6 heteroatoms. The zero-order chi connectivity index (χ0) is 15.0. The minimum Gasteiger partial charge on any atom is -0.444 e. The highest BCUT2D eigenvalue weighted by molar-refractivity contribution is 7.99. The lowest BCUT2D eigenvalue weighted by Crippen LogP contribution is -2.38. The Kier molecular flexibility index (Phi) is 7.19. The van der Waals surface area contributed by atoms with Gasteiger partial charge in [0, 0.05) is 24.8 Å². The van der Waals surface area contributed by atoms with Crippen molar-refractivity contribution < 1.29 is 14.3 Å². The lowest BCUT2D eigenvalue weighted by Gasteiger charge is -2.22. The molecule has 1 aliphatic heterocycles. The van der Waals surface area contributed by atoms with Crippen LogP contribution in [0.25, 0.3) is 0 Å². The van der Waals surface area contributed by atoms with Gasteiger partial charge in [-0.2, -0.15) is 11.8 Å². The molecule has 20 heavy (non-hydrogen) atoms. The molecular weight excluding hydrogens is 276 g/mol. The molecule has 0 aromatic heterocycles. The average molecular weight is 302 g/mol. The van der Waals surface area contributed by atoms with E-state index in [4.69, 9.17) is 4.74 Å². The summed E-state index contributed by atoms with van der Waals surface area (Å²) in [5.74, 6) is 2.29. The van der Waals surface area contributed by atoms with Gasteiger partial charge in [0.15, 0.2) is 0 Å². The van der Waals surface area contributed by atoms with E-state index < -0.39 is 11.7 Å². The molecule has 1 heterocycles. The number of ether oxygens (including phenoxy) is 1. The van der Waals surface area contributed by atoms with Crippen LogP contribution in [0.5, 0.6) is 0 Å². The first-order valence-corrected chi connectivity index (χ1v) is 8.36. The molecule has 1 atom stereocenters. The van der Waals surface area contributed by atoms with Gasteiger partial charge in [-0.25, -0.2) is 4.79 Å². The Balaban J connectivity index is 2.05. The van der Waals surface area contributed by atoms with Crippen molar-refractivity contribution in [3.05, 3.63) is 0 Å². The molecule has 0 aliphatic carbocycles. The van der Waals surface area contributed by atoms with Crippen molar-refractivity contribution in [2.75, 3.05) is 18.1 Å². The second-order valence-corrected chi connectivity index (χ2v) is 7.16. The summed E-state index contributed by atoms with van der Waals surface area (Å²) in [7, 11) is 0. The molecule has 2 N–H and O–H groups in total. The van der Waals surface area contributed by atoms with Gasteiger partial charge in [0.05, 0.1) is 0 Å². The molecule has 0 aromatic carbocycles. The normalized spacial score (nSPS) is 19.2. The van der Waals surface area contributed by atoms with Gasteiger partial charge in [-0.3, -0.25) is 4.79 Å². The van der Waals surface area contributed by atoms with E-state index in [1.165, 1.54) is 12.2 Å². The minimum atomic E-state index is -0.486. The fourth-order valence-corrected chi connectivity index (χ4v) is 2.98. The van der Waals surface area contributed by atoms with Gasteiger partial charge >= 0.3 is 6.09 Å². The number of carbonyl (C=O) groups is 2. The summed E-state index contributed by atoms with van der Waals surface area (Å²) in [6.45, 7) is 5.92. The number of hydrogen-bond donors (Lipinski definition) is 2. The highest BCUT2D eigenvalue weighted by Gasteiger charge is 2.17. The molecule has 1 unspecified atom stereocenters. The molecule has 0 spiro atoms. The zero-order valence-electron chi connectivity index (χ0n) is 12.7. The summed E-state index contributed by atoms with van der Waals surface area (Å²) in [4.78, 5) is 23.1. The first-order valence-electron chi connectivity index (χ1n) is 7.21. The third-order valence-corrected chi connectivity index (χ3v) is 3.99. The molecule has 0 saturated carbocycles. The van der Waals surface area contributed by atoms with Gasteiger partial charge in [-0.1, -0.05) is 0 Å². The fraction of sp³-hybridized carbons (Fsp3) is 0.857. The van der Waals surface area contributed by atoms with Crippen LogP contribution < -0.4 is 10.6 Å². The summed E-state index contributed by atoms with van der Waals surface area (Å²) in [5.41, 5.74) is -0.486. The van der Waals surface area contributed by atoms with Crippen molar-refractivity contribution in [1.29, 1.82) is 0 Å². The van der Waals surface area contributed by atoms with E-state index in [1.807, 2.05) is 32.5 Å². The molecule has 0 radical (unpaired) electrons. The largest absolute Gasteiger partial charge is 0.444 e. The summed E-state index contributed by atoms with van der Waals surface area (Å²) < 4.78 is 5.11. The molecule has 1 aliphatic rings. The Morgan fingerprint density at radius 1 is 1.35 bits per heavy atom. The van der Waals surface area contributed by atoms with Crippen LogP contribution in [0, 0.1) is 0 Å². The number of nitrogens with one attached hydrogen (secondary N) is 2. The Labute approximate surface area is 125 Å². The highest BCUT2D eigenvalue weighted by Crippen LogP contribution is 2.16. The Morgan fingerprint density at radius 3 is 2.70 bits per heavy atom. The van der Waals surface area contributed by atoms with E-state index in [9.17, 15) is 9.59 Å². The molecule has 5 nitrogen and oxygen atoms in total. The summed E-state index contributed by atoms with van der Waals surface area (Å²) >= 11 is 1.89. The third kappa shape index (κ3) is 8.30. The summed E-state index contributed by atoms with van der Waals surface area (Å²) in [5, 5.41) is 5.69. The van der Waals surface area contributed by atoms with Crippen molar-refractivity contribution in [3.63, 3.8) is 0 Å². The monoisotopic (exact) mass is 302 g/mol. The van der Waals surface area contributed by atoms with Crippen LogP contribution in [-0.2, 0) is 9.53 Å². The second kappa shape index (κ2) is 8.39. The van der Waals surface area contributed by atoms with E-state index in [0.29, 0.717) is 25.4 Å². The quantitative estimate of drug-likeness (QED) is 0.765. The first-order chi connectivity index (χ1) is 9.37. The van der Waals surface area contributed by atoms with Crippen molar-refractivity contribution in [2.24, 2.45) is 0 Å². The SMILES string of the molecule is CC(C)(C)OC(=O)NCCCC(=O)NC1CCCSC1. The minimum absolute atomic E-state index is 0.0727. The van der Waals surface area contributed by atoms with E-state index in [1.54, 1.807) is 0 Å². The summed E-state index contributed by atoms with van der Waals surface area (Å²) in [6.07, 6.45) is 2.90. The maximum atomic E-state index is 11.7. The Bertz CT molecular complexity index is 323. The van der Waals surface area contributed by atoms with Gasteiger partial charge in [-0.05, 0) is 45.8 Å². The van der Waals surface area contributed by atoms with Crippen LogP contribution in [0.4, 0.5) is 4.79 Å². The molecule has 0 aromatic rings. The maximum absolute atomic E-state index is 11.7. The molecule has 1 rings (SSSR count). The first kappa shape index (κ1) is 17.1. The van der Waals surface area contributed by atoms with E-state index >= 15 is 0 Å². The fourth-order valence-electron chi connectivity index (χ4n) is 1.91. The van der Waals surface area contributed by atoms with Crippen molar-refractivity contribution in [2.45, 2.75) is 58.1 Å².